The Hall–Kier alpha value is -2.07. The van der Waals surface area contributed by atoms with Crippen LogP contribution in [0.4, 0.5) is 0 Å². The molecule has 2 aromatic rings. The van der Waals surface area contributed by atoms with E-state index in [2.05, 4.69) is 10.3 Å². The standard InChI is InChI=1S/C14H14N2O2/c17-12-6-9-3-5-16-14(11(9)7-13(12)18)10-2-1-4-15-8-10/h1-2,4,6-8,14,16-18H,3,5H2/p+1/t14-/m0/s1. The highest BCUT2D eigenvalue weighted by atomic mass is 16.3. The average molecular weight is 243 g/mol. The number of aromatic nitrogens is 1. The van der Waals surface area contributed by atoms with Crippen LogP contribution in [0.1, 0.15) is 22.7 Å². The predicted octanol–water partition coefficient (Wildman–Crippen LogP) is 0.702. The van der Waals surface area contributed by atoms with Gasteiger partial charge in [-0.2, -0.15) is 0 Å². The first kappa shape index (κ1) is 11.0. The molecule has 4 N–H and O–H groups in total. The molecule has 0 bridgehead atoms. The molecule has 1 aliphatic rings. The third kappa shape index (κ3) is 1.80. The minimum atomic E-state index is -0.0575. The van der Waals surface area contributed by atoms with Gasteiger partial charge in [0.15, 0.2) is 11.5 Å². The summed E-state index contributed by atoms with van der Waals surface area (Å²) in [5.74, 6) is -0.0986. The number of phenolic OH excluding ortho intramolecular Hbond substituents is 2. The van der Waals surface area contributed by atoms with Gasteiger partial charge in [0.25, 0.3) is 0 Å². The molecule has 18 heavy (non-hydrogen) atoms. The van der Waals surface area contributed by atoms with Gasteiger partial charge in [-0.3, -0.25) is 4.98 Å². The molecule has 4 nitrogen and oxygen atoms in total. The molecular formula is C14H15N2O2+. The lowest BCUT2D eigenvalue weighted by Gasteiger charge is -2.24. The SMILES string of the molecule is Oc1cc2c(cc1O)[C@H](c1cccnc1)[NH2+]CC2. The van der Waals surface area contributed by atoms with Crippen LogP contribution in [0, 0.1) is 0 Å². The van der Waals surface area contributed by atoms with E-state index in [-0.39, 0.29) is 17.5 Å². The Morgan fingerprint density at radius 1 is 1.22 bits per heavy atom. The Morgan fingerprint density at radius 3 is 2.83 bits per heavy atom. The molecule has 0 unspecified atom stereocenters. The van der Waals surface area contributed by atoms with Gasteiger partial charge in [-0.25, -0.2) is 0 Å². The summed E-state index contributed by atoms with van der Waals surface area (Å²) in [6.07, 6.45) is 4.50. The summed E-state index contributed by atoms with van der Waals surface area (Å²) in [6.45, 7) is 0.969. The minimum Gasteiger partial charge on any atom is -0.504 e. The number of rotatable bonds is 1. The monoisotopic (exact) mass is 243 g/mol. The van der Waals surface area contributed by atoms with Crippen LogP contribution in [-0.4, -0.2) is 21.7 Å². The summed E-state index contributed by atoms with van der Waals surface area (Å²) < 4.78 is 0. The van der Waals surface area contributed by atoms with Gasteiger partial charge in [-0.15, -0.1) is 0 Å². The molecule has 0 radical (unpaired) electrons. The van der Waals surface area contributed by atoms with Crippen molar-refractivity contribution in [3.8, 4) is 11.5 Å². The number of nitrogens with zero attached hydrogens (tertiary/aromatic N) is 1. The lowest BCUT2D eigenvalue weighted by Crippen LogP contribution is -2.87. The van der Waals surface area contributed by atoms with Crippen LogP contribution in [0.2, 0.25) is 0 Å². The Labute approximate surface area is 105 Å². The quantitative estimate of drug-likeness (QED) is 0.646. The molecule has 0 saturated heterocycles. The van der Waals surface area contributed by atoms with E-state index < -0.39 is 0 Å². The zero-order chi connectivity index (χ0) is 12.5. The largest absolute Gasteiger partial charge is 0.504 e. The number of pyridine rings is 1. The van der Waals surface area contributed by atoms with Crippen molar-refractivity contribution in [2.45, 2.75) is 12.5 Å². The summed E-state index contributed by atoms with van der Waals surface area (Å²) in [4.78, 5) is 4.14. The molecule has 1 atom stereocenters. The Kier molecular flexibility index (Phi) is 2.64. The first-order chi connectivity index (χ1) is 8.75. The van der Waals surface area contributed by atoms with Gasteiger partial charge in [0, 0.05) is 29.9 Å². The lowest BCUT2D eigenvalue weighted by molar-refractivity contribution is -0.690. The number of hydrogen-bond donors (Lipinski definition) is 3. The number of benzene rings is 1. The van der Waals surface area contributed by atoms with Crippen LogP contribution in [-0.2, 0) is 6.42 Å². The summed E-state index contributed by atoms with van der Waals surface area (Å²) in [5, 5.41) is 21.5. The van der Waals surface area contributed by atoms with Crippen LogP contribution < -0.4 is 5.32 Å². The van der Waals surface area contributed by atoms with E-state index in [0.717, 1.165) is 29.7 Å². The fourth-order valence-corrected chi connectivity index (χ4v) is 2.55. The molecule has 0 fully saturated rings. The maximum absolute atomic E-state index is 9.66. The zero-order valence-electron chi connectivity index (χ0n) is 9.87. The van der Waals surface area contributed by atoms with E-state index in [9.17, 15) is 10.2 Å². The van der Waals surface area contributed by atoms with E-state index in [0.29, 0.717) is 0 Å². The number of aromatic hydroxyl groups is 2. The maximum atomic E-state index is 9.66. The fourth-order valence-electron chi connectivity index (χ4n) is 2.55. The third-order valence-electron chi connectivity index (χ3n) is 3.43. The van der Waals surface area contributed by atoms with Gasteiger partial charge in [0.2, 0.25) is 0 Å². The molecule has 92 valence electrons. The molecule has 3 rings (SSSR count). The molecule has 0 amide bonds. The van der Waals surface area contributed by atoms with Gasteiger partial charge in [0.05, 0.1) is 6.54 Å². The Bertz CT molecular complexity index is 570. The topological polar surface area (TPSA) is 70.0 Å². The summed E-state index contributed by atoms with van der Waals surface area (Å²) in [5.41, 5.74) is 3.27. The molecule has 0 spiro atoms. The first-order valence-electron chi connectivity index (χ1n) is 6.03. The van der Waals surface area contributed by atoms with Gasteiger partial charge < -0.3 is 15.5 Å². The van der Waals surface area contributed by atoms with E-state index in [1.807, 2.05) is 18.3 Å². The highest BCUT2D eigenvalue weighted by Gasteiger charge is 2.26. The number of nitrogens with two attached hydrogens (primary N) is 1. The molecule has 1 aromatic heterocycles. The fraction of sp³-hybridized carbons (Fsp3) is 0.214. The van der Waals surface area contributed by atoms with E-state index >= 15 is 0 Å². The van der Waals surface area contributed by atoms with Crippen molar-refractivity contribution in [1.29, 1.82) is 0 Å². The second-order valence-corrected chi connectivity index (χ2v) is 4.58. The maximum Gasteiger partial charge on any atom is 0.157 e. The molecule has 0 saturated carbocycles. The van der Waals surface area contributed by atoms with Crippen LogP contribution in [0.3, 0.4) is 0 Å². The summed E-state index contributed by atoms with van der Waals surface area (Å²) in [7, 11) is 0. The molecule has 1 aliphatic heterocycles. The minimum absolute atomic E-state index is 0.0411. The zero-order valence-corrected chi connectivity index (χ0v) is 9.87. The van der Waals surface area contributed by atoms with Crippen LogP contribution >= 0.6 is 0 Å². The number of hydrogen-bond acceptors (Lipinski definition) is 3. The Balaban J connectivity index is 2.09. The van der Waals surface area contributed by atoms with Crippen molar-refractivity contribution in [2.24, 2.45) is 0 Å². The number of quaternary nitrogens is 1. The molecule has 0 aliphatic carbocycles. The van der Waals surface area contributed by atoms with Gasteiger partial charge in [-0.05, 0) is 29.8 Å². The summed E-state index contributed by atoms with van der Waals surface area (Å²) >= 11 is 0. The Morgan fingerprint density at radius 2 is 2.06 bits per heavy atom. The molecule has 4 heteroatoms. The number of fused-ring (bicyclic) bond motifs is 1. The normalized spacial score (nSPS) is 18.3. The van der Waals surface area contributed by atoms with E-state index in [4.69, 9.17) is 0 Å². The highest BCUT2D eigenvalue weighted by molar-refractivity contribution is 5.48. The predicted molar refractivity (Wildman–Crippen MR) is 66.3 cm³/mol. The number of phenols is 2. The van der Waals surface area contributed by atoms with Crippen molar-refractivity contribution in [2.75, 3.05) is 6.54 Å². The van der Waals surface area contributed by atoms with Gasteiger partial charge in [0.1, 0.15) is 6.04 Å². The second kappa shape index (κ2) is 4.31. The van der Waals surface area contributed by atoms with Crippen LogP contribution in [0.15, 0.2) is 36.7 Å². The van der Waals surface area contributed by atoms with Crippen molar-refractivity contribution < 1.29 is 15.5 Å². The smallest absolute Gasteiger partial charge is 0.157 e. The van der Waals surface area contributed by atoms with Gasteiger partial charge in [-0.1, -0.05) is 0 Å². The highest BCUT2D eigenvalue weighted by Crippen LogP contribution is 2.33. The van der Waals surface area contributed by atoms with Crippen molar-refractivity contribution in [3.63, 3.8) is 0 Å². The van der Waals surface area contributed by atoms with Crippen LogP contribution in [0.5, 0.6) is 11.5 Å². The second-order valence-electron chi connectivity index (χ2n) is 4.58. The van der Waals surface area contributed by atoms with Crippen molar-refractivity contribution in [3.05, 3.63) is 53.3 Å². The van der Waals surface area contributed by atoms with Gasteiger partial charge >= 0.3 is 0 Å². The summed E-state index contributed by atoms with van der Waals surface area (Å²) in [6, 6.07) is 7.43. The van der Waals surface area contributed by atoms with Crippen LogP contribution in [0.25, 0.3) is 0 Å². The average Bonchev–Trinajstić information content (AvgIpc) is 2.40. The third-order valence-corrected chi connectivity index (χ3v) is 3.43. The molecule has 1 aromatic carbocycles. The van der Waals surface area contributed by atoms with Crippen molar-refractivity contribution in [1.82, 2.24) is 4.98 Å². The van der Waals surface area contributed by atoms with E-state index in [1.165, 1.54) is 0 Å². The first-order valence-corrected chi connectivity index (χ1v) is 6.03. The lowest BCUT2D eigenvalue weighted by atomic mass is 9.90. The molecule has 2 heterocycles. The molecular weight excluding hydrogens is 228 g/mol. The van der Waals surface area contributed by atoms with Crippen molar-refractivity contribution >= 4 is 0 Å². The van der Waals surface area contributed by atoms with E-state index in [1.54, 1.807) is 18.3 Å².